The first kappa shape index (κ1) is 15.5. The third kappa shape index (κ3) is 4.56. The van der Waals surface area contributed by atoms with Gasteiger partial charge in [-0.05, 0) is 44.5 Å². The zero-order chi connectivity index (χ0) is 15.2. The first-order chi connectivity index (χ1) is 10.1. The van der Waals surface area contributed by atoms with Gasteiger partial charge in [0.15, 0.2) is 0 Å². The molecule has 2 aromatic heterocycles. The summed E-state index contributed by atoms with van der Waals surface area (Å²) in [5.74, 6) is 0.695. The van der Waals surface area contributed by atoms with Gasteiger partial charge in [0, 0.05) is 27.6 Å². The Kier molecular flexibility index (Phi) is 5.33. The van der Waals surface area contributed by atoms with Gasteiger partial charge in [-0.2, -0.15) is 0 Å². The Morgan fingerprint density at radius 3 is 2.76 bits per heavy atom. The minimum atomic E-state index is -0.0638. The monoisotopic (exact) mass is 303 g/mol. The van der Waals surface area contributed by atoms with Crippen LogP contribution in [0.5, 0.6) is 0 Å². The number of anilines is 1. The largest absolute Gasteiger partial charge is 0.370 e. The molecule has 4 nitrogen and oxygen atoms in total. The van der Waals surface area contributed by atoms with Crippen molar-refractivity contribution in [1.82, 2.24) is 10.3 Å². The van der Waals surface area contributed by atoms with E-state index in [-0.39, 0.29) is 5.91 Å². The van der Waals surface area contributed by atoms with Crippen molar-refractivity contribution >= 4 is 23.1 Å². The fourth-order valence-electron chi connectivity index (χ4n) is 1.99. The summed E-state index contributed by atoms with van der Waals surface area (Å²) in [6.07, 6.45) is 1.02. The summed E-state index contributed by atoms with van der Waals surface area (Å²) in [6.45, 7) is 7.48. The van der Waals surface area contributed by atoms with Crippen LogP contribution in [0.3, 0.4) is 0 Å². The van der Waals surface area contributed by atoms with Crippen LogP contribution in [0, 0.1) is 13.8 Å². The Labute approximate surface area is 129 Å². The van der Waals surface area contributed by atoms with Gasteiger partial charge >= 0.3 is 0 Å². The molecule has 0 aliphatic heterocycles. The summed E-state index contributed by atoms with van der Waals surface area (Å²) in [6, 6.07) is 7.73. The molecule has 2 aromatic rings. The molecule has 0 aromatic carbocycles. The fourth-order valence-corrected chi connectivity index (χ4v) is 2.82. The molecule has 1 amide bonds. The molecular formula is C16H21N3OS. The molecule has 0 bridgehead atoms. The van der Waals surface area contributed by atoms with Crippen LogP contribution >= 0.6 is 11.3 Å². The molecule has 0 atom stereocenters. The molecule has 0 saturated heterocycles. The first-order valence-corrected chi connectivity index (χ1v) is 7.96. The minimum absolute atomic E-state index is 0.0638. The molecule has 2 heterocycles. The Balaban J connectivity index is 2.02. The van der Waals surface area contributed by atoms with Crippen molar-refractivity contribution in [2.24, 2.45) is 0 Å². The molecule has 0 unspecified atom stereocenters. The highest BCUT2D eigenvalue weighted by molar-refractivity contribution is 7.11. The lowest BCUT2D eigenvalue weighted by molar-refractivity contribution is 0.0951. The van der Waals surface area contributed by atoms with Crippen LogP contribution in [0.4, 0.5) is 5.82 Å². The van der Waals surface area contributed by atoms with Gasteiger partial charge in [0.25, 0.3) is 5.91 Å². The van der Waals surface area contributed by atoms with Crippen LogP contribution in [-0.2, 0) is 6.54 Å². The van der Waals surface area contributed by atoms with E-state index in [9.17, 15) is 4.79 Å². The first-order valence-electron chi connectivity index (χ1n) is 7.14. The number of thiophene rings is 1. The highest BCUT2D eigenvalue weighted by atomic mass is 32.1. The van der Waals surface area contributed by atoms with E-state index in [1.807, 2.05) is 19.1 Å². The number of hydrogen-bond donors (Lipinski definition) is 2. The normalized spacial score (nSPS) is 10.4. The number of carbonyl (C=O) groups excluding carboxylic acids is 1. The molecule has 2 N–H and O–H groups in total. The van der Waals surface area contributed by atoms with E-state index < -0.39 is 0 Å². The van der Waals surface area contributed by atoms with Gasteiger partial charge in [-0.1, -0.05) is 6.92 Å². The molecule has 21 heavy (non-hydrogen) atoms. The van der Waals surface area contributed by atoms with Gasteiger partial charge in [-0.25, -0.2) is 4.98 Å². The SMILES string of the molecule is CCCNc1cc(C(=O)NCc2ccc(C)s2)cc(C)n1. The lowest BCUT2D eigenvalue weighted by Crippen LogP contribution is -2.22. The van der Waals surface area contributed by atoms with Crippen LogP contribution < -0.4 is 10.6 Å². The summed E-state index contributed by atoms with van der Waals surface area (Å²) in [5, 5.41) is 6.17. The predicted molar refractivity (Wildman–Crippen MR) is 88.0 cm³/mol. The molecule has 112 valence electrons. The van der Waals surface area contributed by atoms with Gasteiger partial charge < -0.3 is 10.6 Å². The molecule has 0 aliphatic carbocycles. The zero-order valence-electron chi connectivity index (χ0n) is 12.7. The lowest BCUT2D eigenvalue weighted by atomic mass is 10.2. The molecule has 0 saturated carbocycles. The summed E-state index contributed by atoms with van der Waals surface area (Å²) in [4.78, 5) is 19.0. The molecule has 2 rings (SSSR count). The molecular weight excluding hydrogens is 282 g/mol. The predicted octanol–water partition coefficient (Wildman–Crippen LogP) is 3.51. The number of rotatable bonds is 6. The highest BCUT2D eigenvalue weighted by Gasteiger charge is 2.09. The zero-order valence-corrected chi connectivity index (χ0v) is 13.5. The van der Waals surface area contributed by atoms with Crippen molar-refractivity contribution in [3.8, 4) is 0 Å². The van der Waals surface area contributed by atoms with Gasteiger partial charge in [-0.3, -0.25) is 4.79 Å². The van der Waals surface area contributed by atoms with E-state index >= 15 is 0 Å². The van der Waals surface area contributed by atoms with Crippen molar-refractivity contribution in [3.05, 3.63) is 45.3 Å². The second kappa shape index (κ2) is 7.22. The summed E-state index contributed by atoms with van der Waals surface area (Å²) >= 11 is 1.70. The average Bonchev–Trinajstić information content (AvgIpc) is 2.87. The third-order valence-electron chi connectivity index (χ3n) is 2.99. The Bertz CT molecular complexity index is 622. The summed E-state index contributed by atoms with van der Waals surface area (Å²) < 4.78 is 0. The summed E-state index contributed by atoms with van der Waals surface area (Å²) in [5.41, 5.74) is 1.49. The van der Waals surface area contributed by atoms with Crippen LogP contribution in [0.25, 0.3) is 0 Å². The fraction of sp³-hybridized carbons (Fsp3) is 0.375. The second-order valence-electron chi connectivity index (χ2n) is 5.00. The van der Waals surface area contributed by atoms with E-state index in [0.29, 0.717) is 12.1 Å². The number of nitrogens with one attached hydrogen (secondary N) is 2. The topological polar surface area (TPSA) is 54.0 Å². The van der Waals surface area contributed by atoms with E-state index in [4.69, 9.17) is 0 Å². The molecule has 0 radical (unpaired) electrons. The Hall–Kier alpha value is -1.88. The number of amides is 1. The van der Waals surface area contributed by atoms with Crippen LogP contribution in [0.2, 0.25) is 0 Å². The van der Waals surface area contributed by atoms with Gasteiger partial charge in [0.05, 0.1) is 6.54 Å². The highest BCUT2D eigenvalue weighted by Crippen LogP contribution is 2.15. The minimum Gasteiger partial charge on any atom is -0.370 e. The summed E-state index contributed by atoms with van der Waals surface area (Å²) in [7, 11) is 0. The number of nitrogens with zero attached hydrogens (tertiary/aromatic N) is 1. The number of pyridine rings is 1. The molecule has 0 aliphatic rings. The van der Waals surface area contributed by atoms with E-state index in [2.05, 4.69) is 35.5 Å². The molecule has 0 fully saturated rings. The quantitative estimate of drug-likeness (QED) is 0.858. The Morgan fingerprint density at radius 1 is 1.29 bits per heavy atom. The van der Waals surface area contributed by atoms with Crippen molar-refractivity contribution in [2.45, 2.75) is 33.7 Å². The number of hydrogen-bond acceptors (Lipinski definition) is 4. The lowest BCUT2D eigenvalue weighted by Gasteiger charge is -2.09. The maximum atomic E-state index is 12.2. The van der Waals surface area contributed by atoms with Crippen LogP contribution in [0.1, 0.15) is 39.2 Å². The number of carbonyl (C=O) groups is 1. The Morgan fingerprint density at radius 2 is 2.10 bits per heavy atom. The van der Waals surface area contributed by atoms with Crippen molar-refractivity contribution in [2.75, 3.05) is 11.9 Å². The van der Waals surface area contributed by atoms with Crippen molar-refractivity contribution in [3.63, 3.8) is 0 Å². The number of aromatic nitrogens is 1. The standard InChI is InChI=1S/C16H21N3OS/c1-4-7-17-15-9-13(8-11(2)19-15)16(20)18-10-14-6-5-12(3)21-14/h5-6,8-9H,4,7,10H2,1-3H3,(H,17,19)(H,18,20). The van der Waals surface area contributed by atoms with Gasteiger partial charge in [0.1, 0.15) is 5.82 Å². The van der Waals surface area contributed by atoms with Crippen LogP contribution in [0.15, 0.2) is 24.3 Å². The van der Waals surface area contributed by atoms with E-state index in [0.717, 1.165) is 29.4 Å². The third-order valence-corrected chi connectivity index (χ3v) is 3.99. The van der Waals surface area contributed by atoms with E-state index in [1.165, 1.54) is 4.88 Å². The number of aryl methyl sites for hydroxylation is 2. The molecule has 0 spiro atoms. The second-order valence-corrected chi connectivity index (χ2v) is 6.38. The van der Waals surface area contributed by atoms with E-state index in [1.54, 1.807) is 17.4 Å². The van der Waals surface area contributed by atoms with Crippen LogP contribution in [-0.4, -0.2) is 17.4 Å². The maximum Gasteiger partial charge on any atom is 0.251 e. The van der Waals surface area contributed by atoms with Gasteiger partial charge in [-0.15, -0.1) is 11.3 Å². The van der Waals surface area contributed by atoms with Crippen molar-refractivity contribution in [1.29, 1.82) is 0 Å². The smallest absolute Gasteiger partial charge is 0.251 e. The average molecular weight is 303 g/mol. The maximum absolute atomic E-state index is 12.2. The van der Waals surface area contributed by atoms with Gasteiger partial charge in [0.2, 0.25) is 0 Å². The van der Waals surface area contributed by atoms with Crippen molar-refractivity contribution < 1.29 is 4.79 Å². The molecule has 5 heteroatoms.